The van der Waals surface area contributed by atoms with Crippen molar-refractivity contribution in [2.24, 2.45) is 0 Å². The van der Waals surface area contributed by atoms with Gasteiger partial charge in [0.05, 0.1) is 6.26 Å². The maximum Gasteiger partial charge on any atom is 0.329 e. The third-order valence-electron chi connectivity index (χ3n) is 3.51. The highest BCUT2D eigenvalue weighted by Gasteiger charge is 2.40. The SMILES string of the molecule is CCC(C)(NC(=O)C1CCCN1S(C)(=O)=O)C(=O)O. The van der Waals surface area contributed by atoms with E-state index in [0.717, 1.165) is 10.6 Å². The van der Waals surface area contributed by atoms with E-state index >= 15 is 0 Å². The molecule has 0 aromatic heterocycles. The predicted molar refractivity (Wildman–Crippen MR) is 69.0 cm³/mol. The Balaban J connectivity index is 2.87. The van der Waals surface area contributed by atoms with Gasteiger partial charge in [0.25, 0.3) is 0 Å². The molecule has 1 aliphatic rings. The fourth-order valence-corrected chi connectivity index (χ4v) is 3.17. The van der Waals surface area contributed by atoms with E-state index in [9.17, 15) is 18.0 Å². The van der Waals surface area contributed by atoms with Crippen molar-refractivity contribution in [3.8, 4) is 0 Å². The molecule has 110 valence electrons. The van der Waals surface area contributed by atoms with Crippen molar-refractivity contribution in [3.63, 3.8) is 0 Å². The van der Waals surface area contributed by atoms with Crippen molar-refractivity contribution in [1.29, 1.82) is 0 Å². The summed E-state index contributed by atoms with van der Waals surface area (Å²) in [6.45, 7) is 3.36. The van der Waals surface area contributed by atoms with Gasteiger partial charge in [-0.2, -0.15) is 4.31 Å². The zero-order valence-electron chi connectivity index (χ0n) is 11.3. The lowest BCUT2D eigenvalue weighted by Gasteiger charge is -2.28. The highest BCUT2D eigenvalue weighted by Crippen LogP contribution is 2.21. The maximum atomic E-state index is 12.1. The molecular weight excluding hydrogens is 272 g/mol. The molecule has 0 spiro atoms. The number of amides is 1. The lowest BCUT2D eigenvalue weighted by molar-refractivity contribution is -0.147. The zero-order chi connectivity index (χ0) is 14.8. The van der Waals surface area contributed by atoms with E-state index < -0.39 is 33.5 Å². The number of carboxylic acid groups (broad SMARTS) is 1. The van der Waals surface area contributed by atoms with Crippen LogP contribution in [0.2, 0.25) is 0 Å². The third-order valence-corrected chi connectivity index (χ3v) is 4.80. The Bertz CT molecular complexity index is 475. The summed E-state index contributed by atoms with van der Waals surface area (Å²) < 4.78 is 24.2. The van der Waals surface area contributed by atoms with Gasteiger partial charge in [-0.05, 0) is 26.2 Å². The summed E-state index contributed by atoms with van der Waals surface area (Å²) in [5.74, 6) is -1.68. The lowest BCUT2D eigenvalue weighted by Crippen LogP contribution is -2.56. The van der Waals surface area contributed by atoms with Crippen LogP contribution in [0.25, 0.3) is 0 Å². The van der Waals surface area contributed by atoms with Gasteiger partial charge in [0.15, 0.2) is 0 Å². The molecule has 0 aromatic rings. The minimum Gasteiger partial charge on any atom is -0.480 e. The van der Waals surface area contributed by atoms with E-state index in [1.807, 2.05) is 0 Å². The monoisotopic (exact) mass is 292 g/mol. The Morgan fingerprint density at radius 3 is 2.47 bits per heavy atom. The average Bonchev–Trinajstić information content (AvgIpc) is 2.77. The van der Waals surface area contributed by atoms with Gasteiger partial charge in [-0.25, -0.2) is 13.2 Å². The summed E-state index contributed by atoms with van der Waals surface area (Å²) >= 11 is 0. The van der Waals surface area contributed by atoms with Crippen LogP contribution in [0.5, 0.6) is 0 Å². The molecule has 2 N–H and O–H groups in total. The number of hydrogen-bond donors (Lipinski definition) is 2. The minimum atomic E-state index is -3.45. The van der Waals surface area contributed by atoms with Crippen LogP contribution in [0.15, 0.2) is 0 Å². The van der Waals surface area contributed by atoms with Gasteiger partial charge in [-0.15, -0.1) is 0 Å². The van der Waals surface area contributed by atoms with Crippen molar-refractivity contribution >= 4 is 21.9 Å². The van der Waals surface area contributed by atoms with Crippen molar-refractivity contribution in [3.05, 3.63) is 0 Å². The Morgan fingerprint density at radius 2 is 2.05 bits per heavy atom. The van der Waals surface area contributed by atoms with Crippen molar-refractivity contribution in [2.75, 3.05) is 12.8 Å². The van der Waals surface area contributed by atoms with Gasteiger partial charge in [-0.3, -0.25) is 4.79 Å². The van der Waals surface area contributed by atoms with Gasteiger partial charge in [0, 0.05) is 6.54 Å². The van der Waals surface area contributed by atoms with Crippen LogP contribution in [0.3, 0.4) is 0 Å². The quantitative estimate of drug-likeness (QED) is 0.729. The first-order valence-corrected chi connectivity index (χ1v) is 7.99. The normalized spacial score (nSPS) is 23.8. The van der Waals surface area contributed by atoms with E-state index in [0.29, 0.717) is 19.4 Å². The van der Waals surface area contributed by atoms with Gasteiger partial charge < -0.3 is 10.4 Å². The topological polar surface area (TPSA) is 104 Å². The number of nitrogens with one attached hydrogen (secondary N) is 1. The minimum absolute atomic E-state index is 0.222. The molecule has 2 unspecified atom stereocenters. The molecule has 8 heteroatoms. The number of carbonyl (C=O) groups is 2. The van der Waals surface area contributed by atoms with E-state index in [4.69, 9.17) is 5.11 Å². The van der Waals surface area contributed by atoms with E-state index in [2.05, 4.69) is 5.32 Å². The summed E-state index contributed by atoms with van der Waals surface area (Å²) in [4.78, 5) is 23.2. The first kappa shape index (κ1) is 15.9. The zero-order valence-corrected chi connectivity index (χ0v) is 12.2. The second kappa shape index (κ2) is 5.46. The second-order valence-electron chi connectivity index (χ2n) is 5.01. The van der Waals surface area contributed by atoms with Gasteiger partial charge in [-0.1, -0.05) is 6.92 Å². The predicted octanol–water partition coefficient (Wildman–Crippen LogP) is -0.220. The number of rotatable bonds is 5. The number of aliphatic carboxylic acids is 1. The van der Waals surface area contributed by atoms with Crippen LogP contribution >= 0.6 is 0 Å². The number of hydrogen-bond acceptors (Lipinski definition) is 4. The summed E-state index contributed by atoms with van der Waals surface area (Å²) in [5, 5.41) is 11.5. The fourth-order valence-electron chi connectivity index (χ4n) is 2.05. The second-order valence-corrected chi connectivity index (χ2v) is 6.95. The first-order valence-electron chi connectivity index (χ1n) is 6.14. The first-order chi connectivity index (χ1) is 8.62. The molecule has 1 fully saturated rings. The van der Waals surface area contributed by atoms with Gasteiger partial charge in [0.1, 0.15) is 11.6 Å². The summed E-state index contributed by atoms with van der Waals surface area (Å²) in [7, 11) is -3.45. The average molecular weight is 292 g/mol. The van der Waals surface area contributed by atoms with Crippen molar-refractivity contribution < 1.29 is 23.1 Å². The van der Waals surface area contributed by atoms with Gasteiger partial charge in [0.2, 0.25) is 15.9 Å². The van der Waals surface area contributed by atoms with Crippen LogP contribution in [-0.2, 0) is 19.6 Å². The molecule has 1 aliphatic heterocycles. The molecule has 0 radical (unpaired) electrons. The van der Waals surface area contributed by atoms with Crippen LogP contribution < -0.4 is 5.32 Å². The molecule has 0 aromatic carbocycles. The molecule has 19 heavy (non-hydrogen) atoms. The van der Waals surface area contributed by atoms with E-state index in [-0.39, 0.29) is 6.42 Å². The molecule has 2 atom stereocenters. The largest absolute Gasteiger partial charge is 0.480 e. The number of carboxylic acids is 1. The Kier molecular flexibility index (Phi) is 4.57. The molecule has 1 saturated heterocycles. The number of carbonyl (C=O) groups excluding carboxylic acids is 1. The molecule has 7 nitrogen and oxygen atoms in total. The summed E-state index contributed by atoms with van der Waals surface area (Å²) in [6, 6.07) is -0.805. The summed E-state index contributed by atoms with van der Waals surface area (Å²) in [5.41, 5.74) is -1.37. The lowest BCUT2D eigenvalue weighted by atomic mass is 9.98. The number of nitrogens with zero attached hydrogens (tertiary/aromatic N) is 1. The van der Waals surface area contributed by atoms with E-state index in [1.54, 1.807) is 6.92 Å². The third kappa shape index (κ3) is 3.44. The number of sulfonamides is 1. The highest BCUT2D eigenvalue weighted by molar-refractivity contribution is 7.88. The highest BCUT2D eigenvalue weighted by atomic mass is 32.2. The Labute approximate surface area is 113 Å². The molecule has 0 aliphatic carbocycles. The Morgan fingerprint density at radius 1 is 1.47 bits per heavy atom. The van der Waals surface area contributed by atoms with Crippen LogP contribution in [0.1, 0.15) is 33.1 Å². The van der Waals surface area contributed by atoms with Crippen LogP contribution in [0.4, 0.5) is 0 Å². The van der Waals surface area contributed by atoms with E-state index in [1.165, 1.54) is 6.92 Å². The van der Waals surface area contributed by atoms with Crippen LogP contribution in [0, 0.1) is 0 Å². The molecule has 1 amide bonds. The molecular formula is C11H20N2O5S. The smallest absolute Gasteiger partial charge is 0.329 e. The van der Waals surface area contributed by atoms with Crippen LogP contribution in [-0.4, -0.2) is 54.1 Å². The standard InChI is InChI=1S/C11H20N2O5S/c1-4-11(2,10(15)16)12-9(14)8-6-5-7-13(8)19(3,17)18/h8H,4-7H2,1-3H3,(H,12,14)(H,15,16). The Hall–Kier alpha value is -1.15. The molecule has 0 saturated carbocycles. The van der Waals surface area contributed by atoms with Gasteiger partial charge >= 0.3 is 5.97 Å². The van der Waals surface area contributed by atoms with Crippen molar-refractivity contribution in [1.82, 2.24) is 9.62 Å². The van der Waals surface area contributed by atoms with Crippen molar-refractivity contribution in [2.45, 2.75) is 44.7 Å². The molecule has 1 rings (SSSR count). The maximum absolute atomic E-state index is 12.1. The molecule has 0 bridgehead atoms. The summed E-state index contributed by atoms with van der Waals surface area (Å²) in [6.07, 6.45) is 2.29. The molecule has 1 heterocycles. The fraction of sp³-hybridized carbons (Fsp3) is 0.818.